The highest BCUT2D eigenvalue weighted by atomic mass is 35.5. The fourth-order valence-electron chi connectivity index (χ4n) is 2.84. The van der Waals surface area contributed by atoms with Crippen molar-refractivity contribution in [2.24, 2.45) is 0 Å². The van der Waals surface area contributed by atoms with Crippen LogP contribution in [0.5, 0.6) is 0 Å². The van der Waals surface area contributed by atoms with Crippen molar-refractivity contribution in [2.75, 3.05) is 25.5 Å². The topological polar surface area (TPSA) is 79.5 Å². The number of anilines is 1. The lowest BCUT2D eigenvalue weighted by atomic mass is 9.91. The molecule has 1 aliphatic rings. The number of amides is 2. The Morgan fingerprint density at radius 1 is 1.31 bits per heavy atom. The monoisotopic (exact) mass is 381 g/mol. The molecule has 1 heterocycles. The second-order valence-corrected chi connectivity index (χ2v) is 7.70. The predicted molar refractivity (Wildman–Crippen MR) is 104 cm³/mol. The van der Waals surface area contributed by atoms with Gasteiger partial charge in [0.15, 0.2) is 0 Å². The highest BCUT2D eigenvalue weighted by Crippen LogP contribution is 2.27. The Bertz CT molecular complexity index is 670. The maximum absolute atomic E-state index is 12.7. The van der Waals surface area contributed by atoms with Crippen molar-refractivity contribution in [3.63, 3.8) is 0 Å². The maximum atomic E-state index is 12.7. The first-order valence-electron chi connectivity index (χ1n) is 8.92. The van der Waals surface area contributed by atoms with Crippen LogP contribution in [-0.2, 0) is 9.53 Å². The van der Waals surface area contributed by atoms with Crippen LogP contribution in [0.25, 0.3) is 0 Å². The van der Waals surface area contributed by atoms with E-state index in [9.17, 15) is 9.59 Å². The van der Waals surface area contributed by atoms with E-state index in [1.165, 1.54) is 0 Å². The summed E-state index contributed by atoms with van der Waals surface area (Å²) >= 11 is 6.28. The number of carbonyl (C=O) groups excluding carboxylic acids is 2. The summed E-state index contributed by atoms with van der Waals surface area (Å²) in [4.78, 5) is 25.1. The molecule has 1 aromatic carbocycles. The smallest absolute Gasteiger partial charge is 0.256 e. The van der Waals surface area contributed by atoms with Gasteiger partial charge in [-0.1, -0.05) is 18.5 Å². The number of hydrogen-bond acceptors (Lipinski definition) is 4. The van der Waals surface area contributed by atoms with E-state index in [1.54, 1.807) is 25.3 Å². The summed E-state index contributed by atoms with van der Waals surface area (Å²) in [7, 11) is 1.56. The molecule has 0 radical (unpaired) electrons. The maximum Gasteiger partial charge on any atom is 0.256 e. The third-order valence-corrected chi connectivity index (χ3v) is 5.34. The Labute approximate surface area is 160 Å². The van der Waals surface area contributed by atoms with Gasteiger partial charge < -0.3 is 20.7 Å². The summed E-state index contributed by atoms with van der Waals surface area (Å²) in [5, 5.41) is 9.33. The zero-order valence-electron chi connectivity index (χ0n) is 15.9. The van der Waals surface area contributed by atoms with Gasteiger partial charge >= 0.3 is 0 Å². The van der Waals surface area contributed by atoms with Gasteiger partial charge in [-0.2, -0.15) is 0 Å². The second kappa shape index (κ2) is 8.37. The van der Waals surface area contributed by atoms with Crippen LogP contribution >= 0.6 is 11.6 Å². The molecule has 0 aliphatic carbocycles. The minimum atomic E-state index is -0.834. The minimum absolute atomic E-state index is 0.193. The number of halogens is 1. The van der Waals surface area contributed by atoms with Crippen molar-refractivity contribution in [3.8, 4) is 0 Å². The van der Waals surface area contributed by atoms with Crippen molar-refractivity contribution in [1.82, 2.24) is 10.6 Å². The van der Waals surface area contributed by atoms with Crippen LogP contribution in [0.15, 0.2) is 18.2 Å². The SMILES string of the molecule is CCC(C)(C)NC(=O)c1ccc(NC(=O)C2(OC)CCNCC2)cc1Cl. The van der Waals surface area contributed by atoms with Crippen LogP contribution in [0.4, 0.5) is 5.69 Å². The molecule has 1 aliphatic heterocycles. The zero-order valence-corrected chi connectivity index (χ0v) is 16.6. The van der Waals surface area contributed by atoms with Crippen LogP contribution in [0, 0.1) is 0 Å². The number of rotatable bonds is 6. The number of carbonyl (C=O) groups is 2. The van der Waals surface area contributed by atoms with Gasteiger partial charge in [-0.3, -0.25) is 9.59 Å². The summed E-state index contributed by atoms with van der Waals surface area (Å²) in [6.07, 6.45) is 2.02. The highest BCUT2D eigenvalue weighted by molar-refractivity contribution is 6.34. The molecule has 2 rings (SSSR count). The lowest BCUT2D eigenvalue weighted by molar-refractivity contribution is -0.140. The third kappa shape index (κ3) is 4.75. The van der Waals surface area contributed by atoms with Gasteiger partial charge in [0, 0.05) is 18.3 Å². The van der Waals surface area contributed by atoms with Gasteiger partial charge in [0.25, 0.3) is 11.8 Å². The average molecular weight is 382 g/mol. The van der Waals surface area contributed by atoms with E-state index < -0.39 is 5.60 Å². The summed E-state index contributed by atoms with van der Waals surface area (Å²) < 4.78 is 5.52. The van der Waals surface area contributed by atoms with E-state index in [4.69, 9.17) is 16.3 Å². The van der Waals surface area contributed by atoms with Gasteiger partial charge in [0.2, 0.25) is 0 Å². The fraction of sp³-hybridized carbons (Fsp3) is 0.579. The molecular weight excluding hydrogens is 354 g/mol. The van der Waals surface area contributed by atoms with Crippen LogP contribution in [0.3, 0.4) is 0 Å². The Kier molecular flexibility index (Phi) is 6.66. The van der Waals surface area contributed by atoms with Crippen LogP contribution in [0.1, 0.15) is 50.4 Å². The molecule has 7 heteroatoms. The number of hydrogen-bond donors (Lipinski definition) is 3. The summed E-state index contributed by atoms with van der Waals surface area (Å²) in [5.41, 5.74) is -0.220. The van der Waals surface area contributed by atoms with Gasteiger partial charge in [-0.15, -0.1) is 0 Å². The molecule has 0 atom stereocenters. The fourth-order valence-corrected chi connectivity index (χ4v) is 3.11. The van der Waals surface area contributed by atoms with E-state index in [0.29, 0.717) is 29.1 Å². The van der Waals surface area contributed by atoms with Crippen LogP contribution in [0.2, 0.25) is 5.02 Å². The number of benzene rings is 1. The quantitative estimate of drug-likeness (QED) is 0.707. The molecule has 0 saturated carbocycles. The van der Waals surface area contributed by atoms with E-state index in [0.717, 1.165) is 19.5 Å². The van der Waals surface area contributed by atoms with Gasteiger partial charge in [0.1, 0.15) is 5.60 Å². The van der Waals surface area contributed by atoms with Crippen LogP contribution in [-0.4, -0.2) is 43.2 Å². The lowest BCUT2D eigenvalue weighted by Gasteiger charge is -2.34. The largest absolute Gasteiger partial charge is 0.368 e. The summed E-state index contributed by atoms with van der Waals surface area (Å²) in [6, 6.07) is 4.90. The molecule has 1 saturated heterocycles. The normalized spacial score (nSPS) is 16.8. The number of nitrogens with one attached hydrogen (secondary N) is 3. The molecule has 26 heavy (non-hydrogen) atoms. The van der Waals surface area contributed by atoms with Crippen molar-refractivity contribution >= 4 is 29.1 Å². The first-order valence-corrected chi connectivity index (χ1v) is 9.30. The number of ether oxygens (including phenoxy) is 1. The van der Waals surface area contributed by atoms with Crippen molar-refractivity contribution in [3.05, 3.63) is 28.8 Å². The molecule has 0 spiro atoms. The molecule has 3 N–H and O–H groups in total. The molecule has 144 valence electrons. The molecule has 1 fully saturated rings. The summed E-state index contributed by atoms with van der Waals surface area (Å²) in [6.45, 7) is 7.38. The molecular formula is C19H28ClN3O3. The molecule has 0 bridgehead atoms. The lowest BCUT2D eigenvalue weighted by Crippen LogP contribution is -2.51. The highest BCUT2D eigenvalue weighted by Gasteiger charge is 2.39. The Balaban J connectivity index is 2.11. The van der Waals surface area contributed by atoms with Gasteiger partial charge in [-0.25, -0.2) is 0 Å². The van der Waals surface area contributed by atoms with E-state index in [1.807, 2.05) is 20.8 Å². The molecule has 2 amide bonds. The van der Waals surface area contributed by atoms with E-state index in [2.05, 4.69) is 16.0 Å². The third-order valence-electron chi connectivity index (χ3n) is 5.02. The van der Waals surface area contributed by atoms with Crippen molar-refractivity contribution in [2.45, 2.75) is 51.2 Å². The number of piperidine rings is 1. The minimum Gasteiger partial charge on any atom is -0.368 e. The zero-order chi connectivity index (χ0) is 19.4. The van der Waals surface area contributed by atoms with Crippen LogP contribution < -0.4 is 16.0 Å². The summed E-state index contributed by atoms with van der Waals surface area (Å²) in [5.74, 6) is -0.423. The molecule has 0 unspecified atom stereocenters. The van der Waals surface area contributed by atoms with E-state index in [-0.39, 0.29) is 17.4 Å². The average Bonchev–Trinajstić information content (AvgIpc) is 2.61. The van der Waals surface area contributed by atoms with Gasteiger partial charge in [0.05, 0.1) is 10.6 Å². The second-order valence-electron chi connectivity index (χ2n) is 7.29. The first kappa shape index (κ1) is 20.7. The Hall–Kier alpha value is -1.63. The number of methoxy groups -OCH3 is 1. The predicted octanol–water partition coefficient (Wildman–Crippen LogP) is 2.97. The van der Waals surface area contributed by atoms with Crippen molar-refractivity contribution < 1.29 is 14.3 Å². The molecule has 0 aromatic heterocycles. The molecule has 1 aromatic rings. The van der Waals surface area contributed by atoms with Crippen molar-refractivity contribution in [1.29, 1.82) is 0 Å². The Morgan fingerprint density at radius 2 is 1.96 bits per heavy atom. The van der Waals surface area contributed by atoms with Gasteiger partial charge in [-0.05, 0) is 64.4 Å². The van der Waals surface area contributed by atoms with E-state index >= 15 is 0 Å². The standard InChI is InChI=1S/C19H28ClN3O3/c1-5-18(2,3)23-16(24)14-7-6-13(12-15(14)20)22-17(25)19(26-4)8-10-21-11-9-19/h6-7,12,21H,5,8-11H2,1-4H3,(H,22,25)(H,23,24). The first-order chi connectivity index (χ1) is 12.2. The molecule has 6 nitrogen and oxygen atoms in total. The Morgan fingerprint density at radius 3 is 2.50 bits per heavy atom.